The Labute approximate surface area is 96.7 Å². The van der Waals surface area contributed by atoms with E-state index in [0.29, 0.717) is 6.04 Å². The normalized spacial score (nSPS) is 21.3. The summed E-state index contributed by atoms with van der Waals surface area (Å²) in [6, 6.07) is 9.53. The molecule has 1 fully saturated rings. The molecule has 1 aliphatic rings. The first-order chi connectivity index (χ1) is 7.38. The maximum absolute atomic E-state index is 3.61. The van der Waals surface area contributed by atoms with Gasteiger partial charge < -0.3 is 5.32 Å². The summed E-state index contributed by atoms with van der Waals surface area (Å²) < 4.78 is 0. The molecular formula is C13H19NS. The Kier molecular flexibility index (Phi) is 3.95. The predicted molar refractivity (Wildman–Crippen MR) is 69.8 cm³/mol. The molecule has 2 rings (SSSR count). The zero-order chi connectivity index (χ0) is 10.5. The third kappa shape index (κ3) is 3.16. The maximum Gasteiger partial charge on any atom is 0.0352 e. The highest BCUT2D eigenvalue weighted by Crippen LogP contribution is 2.21. The van der Waals surface area contributed by atoms with E-state index < -0.39 is 0 Å². The van der Waals surface area contributed by atoms with Crippen molar-refractivity contribution in [3.63, 3.8) is 0 Å². The molecule has 1 N–H and O–H groups in total. The van der Waals surface area contributed by atoms with Crippen LogP contribution in [0, 0.1) is 0 Å². The molecule has 0 amide bonds. The molecule has 0 saturated carbocycles. The number of benzene rings is 1. The monoisotopic (exact) mass is 221 g/mol. The molecule has 1 atom stereocenters. The van der Waals surface area contributed by atoms with Crippen molar-refractivity contribution in [3.05, 3.63) is 29.8 Å². The lowest BCUT2D eigenvalue weighted by Crippen LogP contribution is -2.25. The molecule has 1 aromatic carbocycles. The van der Waals surface area contributed by atoms with E-state index in [1.807, 2.05) is 0 Å². The highest BCUT2D eigenvalue weighted by Gasteiger charge is 2.12. The fraction of sp³-hybridized carbons (Fsp3) is 0.538. The standard InChI is InChI=1S/C13H19NS/c1-2-11-5-7-12(8-6-11)14-13-4-3-9-15-10-13/h5-8,13-14H,2-4,9-10H2,1H3. The minimum atomic E-state index is 0.677. The Morgan fingerprint density at radius 1 is 1.33 bits per heavy atom. The van der Waals surface area contributed by atoms with Crippen molar-refractivity contribution in [2.45, 2.75) is 32.2 Å². The molecule has 2 heteroatoms. The largest absolute Gasteiger partial charge is 0.381 e. The summed E-state index contributed by atoms with van der Waals surface area (Å²) in [7, 11) is 0. The lowest BCUT2D eigenvalue weighted by molar-refractivity contribution is 0.685. The second-order valence-electron chi connectivity index (χ2n) is 4.11. The number of hydrogen-bond acceptors (Lipinski definition) is 2. The van der Waals surface area contributed by atoms with E-state index >= 15 is 0 Å². The molecule has 0 spiro atoms. The molecule has 1 saturated heterocycles. The Hall–Kier alpha value is -0.630. The maximum atomic E-state index is 3.61. The van der Waals surface area contributed by atoms with Crippen LogP contribution < -0.4 is 5.32 Å². The quantitative estimate of drug-likeness (QED) is 0.837. The highest BCUT2D eigenvalue weighted by molar-refractivity contribution is 7.99. The SMILES string of the molecule is CCc1ccc(NC2CCCSC2)cc1. The molecular weight excluding hydrogens is 202 g/mol. The van der Waals surface area contributed by atoms with Gasteiger partial charge in [0.05, 0.1) is 0 Å². The average Bonchev–Trinajstić information content (AvgIpc) is 2.31. The number of thioether (sulfide) groups is 1. The van der Waals surface area contributed by atoms with E-state index in [1.54, 1.807) is 0 Å². The second-order valence-corrected chi connectivity index (χ2v) is 5.26. The number of nitrogens with one attached hydrogen (secondary N) is 1. The zero-order valence-corrected chi connectivity index (χ0v) is 10.1. The summed E-state index contributed by atoms with van der Waals surface area (Å²) in [4.78, 5) is 0. The summed E-state index contributed by atoms with van der Waals surface area (Å²) in [6.07, 6.45) is 3.80. The molecule has 1 aliphatic heterocycles. The fourth-order valence-corrected chi connectivity index (χ4v) is 3.00. The van der Waals surface area contributed by atoms with Crippen molar-refractivity contribution >= 4 is 17.4 Å². The van der Waals surface area contributed by atoms with E-state index in [2.05, 4.69) is 48.3 Å². The summed E-state index contributed by atoms with van der Waals surface area (Å²) >= 11 is 2.07. The average molecular weight is 221 g/mol. The lowest BCUT2D eigenvalue weighted by Gasteiger charge is -2.23. The van der Waals surface area contributed by atoms with Gasteiger partial charge in [-0.1, -0.05) is 19.1 Å². The second kappa shape index (κ2) is 5.45. The van der Waals surface area contributed by atoms with Gasteiger partial charge in [0.1, 0.15) is 0 Å². The van der Waals surface area contributed by atoms with Crippen LogP contribution in [0.5, 0.6) is 0 Å². The van der Waals surface area contributed by atoms with E-state index in [1.165, 1.54) is 35.6 Å². The van der Waals surface area contributed by atoms with Gasteiger partial charge in [0.25, 0.3) is 0 Å². The first-order valence-electron chi connectivity index (χ1n) is 5.81. The summed E-state index contributed by atoms with van der Waals surface area (Å²) in [5, 5.41) is 3.61. The fourth-order valence-electron chi connectivity index (χ4n) is 1.93. The molecule has 0 aliphatic carbocycles. The highest BCUT2D eigenvalue weighted by atomic mass is 32.2. The molecule has 15 heavy (non-hydrogen) atoms. The van der Waals surface area contributed by atoms with Gasteiger partial charge in [-0.25, -0.2) is 0 Å². The van der Waals surface area contributed by atoms with Crippen LogP contribution in [0.2, 0.25) is 0 Å². The van der Waals surface area contributed by atoms with Gasteiger partial charge in [0.15, 0.2) is 0 Å². The van der Waals surface area contributed by atoms with Gasteiger partial charge in [-0.3, -0.25) is 0 Å². The van der Waals surface area contributed by atoms with Crippen molar-refractivity contribution in [1.82, 2.24) is 0 Å². The number of anilines is 1. The summed E-state index contributed by atoms with van der Waals surface area (Å²) in [6.45, 7) is 2.19. The van der Waals surface area contributed by atoms with Crippen molar-refractivity contribution in [2.75, 3.05) is 16.8 Å². The zero-order valence-electron chi connectivity index (χ0n) is 9.33. The molecule has 82 valence electrons. The van der Waals surface area contributed by atoms with Gasteiger partial charge in [-0.15, -0.1) is 0 Å². The minimum absolute atomic E-state index is 0.677. The van der Waals surface area contributed by atoms with Gasteiger partial charge in [0.2, 0.25) is 0 Å². The van der Waals surface area contributed by atoms with Crippen LogP contribution in [0.15, 0.2) is 24.3 Å². The Balaban J connectivity index is 1.91. The van der Waals surface area contributed by atoms with Crippen molar-refractivity contribution < 1.29 is 0 Å². The van der Waals surface area contributed by atoms with E-state index in [4.69, 9.17) is 0 Å². The molecule has 0 radical (unpaired) electrons. The lowest BCUT2D eigenvalue weighted by atomic mass is 10.1. The summed E-state index contributed by atoms with van der Waals surface area (Å²) in [5.41, 5.74) is 2.69. The van der Waals surface area contributed by atoms with Crippen LogP contribution >= 0.6 is 11.8 Å². The number of aryl methyl sites for hydroxylation is 1. The Morgan fingerprint density at radius 2 is 2.13 bits per heavy atom. The van der Waals surface area contributed by atoms with Gasteiger partial charge in [-0.2, -0.15) is 11.8 Å². The minimum Gasteiger partial charge on any atom is -0.381 e. The number of rotatable bonds is 3. The molecule has 1 aromatic rings. The smallest absolute Gasteiger partial charge is 0.0352 e. The summed E-state index contributed by atoms with van der Waals surface area (Å²) in [5.74, 6) is 2.60. The molecule has 1 unspecified atom stereocenters. The Bertz CT molecular complexity index is 288. The van der Waals surface area contributed by atoms with Crippen LogP contribution in [0.1, 0.15) is 25.3 Å². The van der Waals surface area contributed by atoms with Crippen LogP contribution in [-0.4, -0.2) is 17.5 Å². The van der Waals surface area contributed by atoms with E-state index in [0.717, 1.165) is 6.42 Å². The van der Waals surface area contributed by atoms with Crippen molar-refractivity contribution in [3.8, 4) is 0 Å². The third-order valence-corrected chi connectivity index (χ3v) is 4.11. The Morgan fingerprint density at radius 3 is 2.73 bits per heavy atom. The predicted octanol–water partition coefficient (Wildman–Crippen LogP) is 3.56. The topological polar surface area (TPSA) is 12.0 Å². The molecule has 0 aromatic heterocycles. The van der Waals surface area contributed by atoms with Crippen LogP contribution in [0.3, 0.4) is 0 Å². The van der Waals surface area contributed by atoms with E-state index in [-0.39, 0.29) is 0 Å². The van der Waals surface area contributed by atoms with Crippen LogP contribution in [0.4, 0.5) is 5.69 Å². The number of hydrogen-bond donors (Lipinski definition) is 1. The molecule has 1 nitrogen and oxygen atoms in total. The molecule has 1 heterocycles. The van der Waals surface area contributed by atoms with Crippen molar-refractivity contribution in [2.24, 2.45) is 0 Å². The van der Waals surface area contributed by atoms with Gasteiger partial charge >= 0.3 is 0 Å². The first-order valence-corrected chi connectivity index (χ1v) is 6.97. The van der Waals surface area contributed by atoms with Crippen LogP contribution in [0.25, 0.3) is 0 Å². The van der Waals surface area contributed by atoms with Crippen LogP contribution in [-0.2, 0) is 6.42 Å². The van der Waals surface area contributed by atoms with Crippen molar-refractivity contribution in [1.29, 1.82) is 0 Å². The first kappa shape index (κ1) is 10.9. The van der Waals surface area contributed by atoms with Gasteiger partial charge in [0, 0.05) is 17.5 Å². The molecule has 0 bridgehead atoms. The van der Waals surface area contributed by atoms with E-state index in [9.17, 15) is 0 Å². The third-order valence-electron chi connectivity index (χ3n) is 2.89. The van der Waals surface area contributed by atoms with Gasteiger partial charge in [-0.05, 0) is 42.7 Å².